The average Bonchev–Trinajstić information content (AvgIpc) is 2.71. The third-order valence-electron chi connectivity index (χ3n) is 2.77. The van der Waals surface area contributed by atoms with E-state index in [9.17, 15) is 8.78 Å². The fourth-order valence-electron chi connectivity index (χ4n) is 1.91. The number of hydrogen-bond donors (Lipinski definition) is 1. The van der Waals surface area contributed by atoms with Gasteiger partial charge < -0.3 is 5.32 Å². The average molecular weight is 253 g/mol. The van der Waals surface area contributed by atoms with Gasteiger partial charge in [0.05, 0.1) is 6.04 Å². The molecule has 0 aliphatic heterocycles. The number of rotatable bonds is 3. The van der Waals surface area contributed by atoms with Crippen LogP contribution in [0.4, 0.5) is 8.78 Å². The van der Waals surface area contributed by atoms with Gasteiger partial charge in [0.25, 0.3) is 0 Å². The molecule has 0 fully saturated rings. The number of aryl methyl sites for hydroxylation is 1. The minimum Gasteiger partial charge on any atom is -0.309 e. The van der Waals surface area contributed by atoms with Crippen LogP contribution in [0.1, 0.15) is 22.0 Å². The van der Waals surface area contributed by atoms with Crippen molar-refractivity contribution in [1.82, 2.24) is 5.32 Å². The summed E-state index contributed by atoms with van der Waals surface area (Å²) in [7, 11) is 1.74. The Morgan fingerprint density at radius 3 is 2.53 bits per heavy atom. The summed E-state index contributed by atoms with van der Waals surface area (Å²) in [6.07, 6.45) is 0. The van der Waals surface area contributed by atoms with Crippen LogP contribution in [-0.2, 0) is 0 Å². The molecule has 1 N–H and O–H groups in total. The van der Waals surface area contributed by atoms with E-state index in [4.69, 9.17) is 0 Å². The highest BCUT2D eigenvalue weighted by Crippen LogP contribution is 2.29. The first kappa shape index (κ1) is 12.2. The third kappa shape index (κ3) is 2.37. The Labute approximate surface area is 103 Å². The van der Waals surface area contributed by atoms with E-state index >= 15 is 0 Å². The molecule has 0 saturated heterocycles. The molecule has 1 unspecified atom stereocenters. The summed E-state index contributed by atoms with van der Waals surface area (Å²) < 4.78 is 26.9. The molecule has 0 spiro atoms. The Balaban J connectivity index is 2.49. The second-order valence-corrected chi connectivity index (χ2v) is 4.94. The van der Waals surface area contributed by atoms with Crippen molar-refractivity contribution in [2.24, 2.45) is 0 Å². The van der Waals surface area contributed by atoms with E-state index in [0.29, 0.717) is 5.56 Å². The molecule has 4 heteroatoms. The number of halogens is 2. The molecule has 0 radical (unpaired) electrons. The molecule has 1 heterocycles. The van der Waals surface area contributed by atoms with E-state index < -0.39 is 11.6 Å². The van der Waals surface area contributed by atoms with Crippen molar-refractivity contribution in [2.45, 2.75) is 13.0 Å². The van der Waals surface area contributed by atoms with E-state index in [1.165, 1.54) is 6.07 Å². The lowest BCUT2D eigenvalue weighted by atomic mass is 9.99. The summed E-state index contributed by atoms with van der Waals surface area (Å²) in [4.78, 5) is 1.10. The van der Waals surface area contributed by atoms with Crippen LogP contribution in [0.2, 0.25) is 0 Å². The lowest BCUT2D eigenvalue weighted by Crippen LogP contribution is -2.19. The number of benzene rings is 1. The predicted molar refractivity (Wildman–Crippen MR) is 66.3 cm³/mol. The van der Waals surface area contributed by atoms with Gasteiger partial charge >= 0.3 is 0 Å². The summed E-state index contributed by atoms with van der Waals surface area (Å²) >= 11 is 1.60. The molecule has 90 valence electrons. The fraction of sp³-hybridized carbons (Fsp3) is 0.231. The van der Waals surface area contributed by atoms with E-state index in [1.807, 2.05) is 18.4 Å². The molecule has 1 nitrogen and oxygen atoms in total. The van der Waals surface area contributed by atoms with E-state index in [0.717, 1.165) is 22.6 Å². The summed E-state index contributed by atoms with van der Waals surface area (Å²) in [6.45, 7) is 1.97. The lowest BCUT2D eigenvalue weighted by molar-refractivity contribution is 0.558. The van der Waals surface area contributed by atoms with Gasteiger partial charge in [-0.3, -0.25) is 0 Å². The Morgan fingerprint density at radius 2 is 1.94 bits per heavy atom. The van der Waals surface area contributed by atoms with Gasteiger partial charge in [-0.1, -0.05) is 0 Å². The summed E-state index contributed by atoms with van der Waals surface area (Å²) in [5.41, 5.74) is 1.33. The minimum absolute atomic E-state index is 0.308. The Hall–Kier alpha value is -1.26. The third-order valence-corrected chi connectivity index (χ3v) is 3.63. The lowest BCUT2D eigenvalue weighted by Gasteiger charge is -2.17. The Bertz CT molecular complexity index is 522. The second-order valence-electron chi connectivity index (χ2n) is 3.82. The molecule has 1 aromatic carbocycles. The Morgan fingerprint density at radius 1 is 1.18 bits per heavy atom. The molecule has 0 saturated carbocycles. The maximum Gasteiger partial charge on any atom is 0.128 e. The molecule has 17 heavy (non-hydrogen) atoms. The zero-order valence-electron chi connectivity index (χ0n) is 9.63. The summed E-state index contributed by atoms with van der Waals surface area (Å²) in [6, 6.07) is 5.17. The van der Waals surface area contributed by atoms with Gasteiger partial charge in [0.1, 0.15) is 11.6 Å². The van der Waals surface area contributed by atoms with Crippen molar-refractivity contribution in [1.29, 1.82) is 0 Å². The zero-order valence-corrected chi connectivity index (χ0v) is 10.4. The van der Waals surface area contributed by atoms with Gasteiger partial charge in [0.15, 0.2) is 0 Å². The van der Waals surface area contributed by atoms with Crippen molar-refractivity contribution < 1.29 is 8.78 Å². The molecule has 0 aliphatic rings. The molecule has 1 aromatic heterocycles. The molecule has 2 aromatic rings. The van der Waals surface area contributed by atoms with Crippen molar-refractivity contribution in [3.05, 3.63) is 57.3 Å². The van der Waals surface area contributed by atoms with Gasteiger partial charge in [0.2, 0.25) is 0 Å². The first-order valence-electron chi connectivity index (χ1n) is 5.29. The summed E-state index contributed by atoms with van der Waals surface area (Å²) in [5, 5.41) is 4.98. The highest BCUT2D eigenvalue weighted by Gasteiger charge is 2.19. The SMILES string of the molecule is CNC(c1cc(F)ccc1F)c1ccsc1C. The molecular weight excluding hydrogens is 240 g/mol. The largest absolute Gasteiger partial charge is 0.309 e. The van der Waals surface area contributed by atoms with E-state index in [-0.39, 0.29) is 6.04 Å². The van der Waals surface area contributed by atoms with E-state index in [1.54, 1.807) is 18.4 Å². The second kappa shape index (κ2) is 4.94. The van der Waals surface area contributed by atoms with Crippen molar-refractivity contribution >= 4 is 11.3 Å². The van der Waals surface area contributed by atoms with Crippen molar-refractivity contribution in [3.8, 4) is 0 Å². The summed E-state index contributed by atoms with van der Waals surface area (Å²) in [5.74, 6) is -0.814. The van der Waals surface area contributed by atoms with Crippen LogP contribution in [0.25, 0.3) is 0 Å². The standard InChI is InChI=1S/C13H13F2NS/c1-8-10(5-6-17-8)13(16-2)11-7-9(14)3-4-12(11)15/h3-7,13,16H,1-2H3. The van der Waals surface area contributed by atoms with Crippen LogP contribution in [0.3, 0.4) is 0 Å². The van der Waals surface area contributed by atoms with Crippen LogP contribution in [0.15, 0.2) is 29.6 Å². The topological polar surface area (TPSA) is 12.0 Å². The normalized spacial score (nSPS) is 12.7. The highest BCUT2D eigenvalue weighted by atomic mass is 32.1. The molecule has 0 bridgehead atoms. The molecule has 0 aliphatic carbocycles. The molecule has 1 atom stereocenters. The number of thiophene rings is 1. The Kier molecular flexibility index (Phi) is 3.54. The monoisotopic (exact) mass is 253 g/mol. The van der Waals surface area contributed by atoms with Gasteiger partial charge in [-0.25, -0.2) is 8.78 Å². The molecule has 2 rings (SSSR count). The number of nitrogens with one attached hydrogen (secondary N) is 1. The van der Waals surface area contributed by atoms with Gasteiger partial charge in [-0.05, 0) is 49.2 Å². The maximum absolute atomic E-state index is 13.7. The van der Waals surface area contributed by atoms with Gasteiger partial charge in [-0.15, -0.1) is 11.3 Å². The van der Waals surface area contributed by atoms with Crippen molar-refractivity contribution in [2.75, 3.05) is 7.05 Å². The maximum atomic E-state index is 13.7. The molecule has 0 amide bonds. The fourth-order valence-corrected chi connectivity index (χ4v) is 2.65. The smallest absolute Gasteiger partial charge is 0.128 e. The van der Waals surface area contributed by atoms with Gasteiger partial charge in [0, 0.05) is 10.4 Å². The highest BCUT2D eigenvalue weighted by molar-refractivity contribution is 7.10. The predicted octanol–water partition coefficient (Wildman–Crippen LogP) is 3.64. The quantitative estimate of drug-likeness (QED) is 0.880. The van der Waals surface area contributed by atoms with Gasteiger partial charge in [-0.2, -0.15) is 0 Å². The van der Waals surface area contributed by atoms with Crippen LogP contribution >= 0.6 is 11.3 Å². The zero-order chi connectivity index (χ0) is 12.4. The first-order valence-corrected chi connectivity index (χ1v) is 6.17. The van der Waals surface area contributed by atoms with Crippen LogP contribution in [0.5, 0.6) is 0 Å². The van der Waals surface area contributed by atoms with Crippen LogP contribution in [0, 0.1) is 18.6 Å². The van der Waals surface area contributed by atoms with Crippen molar-refractivity contribution in [3.63, 3.8) is 0 Å². The van der Waals surface area contributed by atoms with Crippen LogP contribution < -0.4 is 5.32 Å². The minimum atomic E-state index is -0.422. The molecular formula is C13H13F2NS. The number of hydrogen-bond acceptors (Lipinski definition) is 2. The first-order chi connectivity index (χ1) is 8.13. The van der Waals surface area contributed by atoms with Crippen LogP contribution in [-0.4, -0.2) is 7.05 Å². The van der Waals surface area contributed by atoms with E-state index in [2.05, 4.69) is 5.32 Å².